The lowest BCUT2D eigenvalue weighted by atomic mass is 9.83. The Balaban J connectivity index is 1.31. The summed E-state index contributed by atoms with van der Waals surface area (Å²) in [6.07, 6.45) is -0.986. The van der Waals surface area contributed by atoms with E-state index in [0.29, 0.717) is 37.0 Å². The minimum Gasteiger partial charge on any atom is -0.445 e. The molecule has 0 aliphatic heterocycles. The second kappa shape index (κ2) is 13.5. The number of fused-ring (bicyclic) bond motifs is 1. The van der Waals surface area contributed by atoms with E-state index in [9.17, 15) is 22.8 Å². The van der Waals surface area contributed by atoms with Crippen LogP contribution < -0.4 is 10.9 Å². The molecule has 2 aromatic heterocycles. The van der Waals surface area contributed by atoms with Crippen LogP contribution in [0.5, 0.6) is 0 Å². The van der Waals surface area contributed by atoms with E-state index < -0.39 is 29.2 Å². The van der Waals surface area contributed by atoms with E-state index in [1.54, 1.807) is 12.3 Å². The molecule has 232 valence electrons. The highest BCUT2D eigenvalue weighted by Gasteiger charge is 2.32. The number of aromatic nitrogens is 3. The van der Waals surface area contributed by atoms with Gasteiger partial charge in [0.15, 0.2) is 5.82 Å². The van der Waals surface area contributed by atoms with Gasteiger partial charge in [-0.15, -0.1) is 0 Å². The van der Waals surface area contributed by atoms with Crippen LogP contribution >= 0.6 is 0 Å². The number of nitrogens with one attached hydrogen (secondary N) is 1. The van der Waals surface area contributed by atoms with Crippen molar-refractivity contribution in [1.29, 1.82) is 0 Å². The first-order valence-electron chi connectivity index (χ1n) is 13.9. The molecule has 0 saturated heterocycles. The SMILES string of the molecule is COCO[C@H]1C[C@@H](Cn2ccc3cc(-c4ncc(C(F)(F)F)cn4)c(F)cc3c2=O)C[C@@H](NC(=O)OCc2ccccc2)C1. The van der Waals surface area contributed by atoms with E-state index in [1.807, 2.05) is 30.3 Å². The van der Waals surface area contributed by atoms with Crippen molar-refractivity contribution in [2.24, 2.45) is 5.92 Å². The van der Waals surface area contributed by atoms with E-state index in [0.717, 1.165) is 11.6 Å². The number of hydrogen-bond acceptors (Lipinski definition) is 7. The molecule has 4 aromatic rings. The van der Waals surface area contributed by atoms with Crippen molar-refractivity contribution in [2.45, 2.75) is 50.7 Å². The fraction of sp³-hybridized carbons (Fsp3) is 0.355. The van der Waals surface area contributed by atoms with Crippen LogP contribution in [0.3, 0.4) is 0 Å². The zero-order valence-corrected chi connectivity index (χ0v) is 23.7. The first kappa shape index (κ1) is 31.1. The van der Waals surface area contributed by atoms with Gasteiger partial charge in [-0.1, -0.05) is 30.3 Å². The van der Waals surface area contributed by atoms with Crippen LogP contribution in [0, 0.1) is 11.7 Å². The lowest BCUT2D eigenvalue weighted by molar-refractivity contribution is -0.138. The van der Waals surface area contributed by atoms with Gasteiger partial charge in [-0.2, -0.15) is 13.2 Å². The second-order valence-electron chi connectivity index (χ2n) is 10.7. The van der Waals surface area contributed by atoms with Crippen molar-refractivity contribution in [1.82, 2.24) is 19.9 Å². The average Bonchev–Trinajstić information content (AvgIpc) is 3.00. The van der Waals surface area contributed by atoms with Gasteiger partial charge in [0.2, 0.25) is 0 Å². The van der Waals surface area contributed by atoms with Crippen LogP contribution in [0.4, 0.5) is 22.4 Å². The fourth-order valence-electron chi connectivity index (χ4n) is 5.39. The number of nitrogens with zero attached hydrogens (tertiary/aromatic N) is 3. The summed E-state index contributed by atoms with van der Waals surface area (Å²) in [5, 5.41) is 3.39. The van der Waals surface area contributed by atoms with E-state index in [4.69, 9.17) is 14.2 Å². The maximum absolute atomic E-state index is 15.1. The highest BCUT2D eigenvalue weighted by molar-refractivity contribution is 5.86. The third-order valence-electron chi connectivity index (χ3n) is 7.46. The Morgan fingerprint density at radius 1 is 1.07 bits per heavy atom. The predicted octanol–water partition coefficient (Wildman–Crippen LogP) is 5.70. The first-order valence-corrected chi connectivity index (χ1v) is 13.9. The molecular formula is C31H30F4N4O5. The van der Waals surface area contributed by atoms with E-state index in [-0.39, 0.29) is 54.8 Å². The van der Waals surface area contributed by atoms with Gasteiger partial charge in [0.25, 0.3) is 5.56 Å². The molecule has 0 bridgehead atoms. The highest BCUT2D eigenvalue weighted by atomic mass is 19.4. The topological polar surface area (TPSA) is 105 Å². The van der Waals surface area contributed by atoms with Gasteiger partial charge < -0.3 is 24.1 Å². The number of pyridine rings is 1. The molecule has 2 aromatic carbocycles. The summed E-state index contributed by atoms with van der Waals surface area (Å²) in [6, 6.07) is 13.0. The molecule has 1 aliphatic carbocycles. The average molecular weight is 615 g/mol. The third-order valence-corrected chi connectivity index (χ3v) is 7.46. The number of ether oxygens (including phenoxy) is 3. The van der Waals surface area contributed by atoms with Crippen LogP contribution in [0.25, 0.3) is 22.2 Å². The van der Waals surface area contributed by atoms with E-state index in [1.165, 1.54) is 17.7 Å². The molecule has 0 radical (unpaired) electrons. The molecule has 9 nitrogen and oxygen atoms in total. The number of carbonyl (C=O) groups excluding carboxylic acids is 1. The number of carbonyl (C=O) groups is 1. The van der Waals surface area contributed by atoms with Gasteiger partial charge in [-0.05, 0) is 54.3 Å². The quantitative estimate of drug-likeness (QED) is 0.191. The molecule has 2 heterocycles. The van der Waals surface area contributed by atoms with E-state index >= 15 is 4.39 Å². The summed E-state index contributed by atoms with van der Waals surface area (Å²) < 4.78 is 71.4. The summed E-state index contributed by atoms with van der Waals surface area (Å²) in [6.45, 7) is 0.481. The number of rotatable bonds is 9. The molecule has 1 aliphatic rings. The van der Waals surface area contributed by atoms with Gasteiger partial charge in [0.1, 0.15) is 19.2 Å². The molecule has 44 heavy (non-hydrogen) atoms. The summed E-state index contributed by atoms with van der Waals surface area (Å²) in [5.74, 6) is -1.15. The molecule has 1 fully saturated rings. The van der Waals surface area contributed by atoms with Gasteiger partial charge in [-0.3, -0.25) is 4.79 Å². The molecule has 13 heteroatoms. The van der Waals surface area contributed by atoms with Crippen LogP contribution in [0.1, 0.15) is 30.4 Å². The smallest absolute Gasteiger partial charge is 0.419 e. The standard InChI is InChI=1S/C31H30F4N4O5/c1-42-18-44-24-10-20(9-23(12-24)38-30(41)43-17-19-5-3-2-4-6-19)16-39-8-7-21-11-26(27(32)13-25(21)29(39)40)28-36-14-22(15-37-28)31(33,34)35/h2-8,11,13-15,20,23-24H,9-10,12,16-18H2,1H3,(H,38,41)/t20-,23+,24-/m0/s1. The fourth-order valence-corrected chi connectivity index (χ4v) is 5.39. The number of halogens is 4. The lowest BCUT2D eigenvalue weighted by Crippen LogP contribution is -2.44. The summed E-state index contributed by atoms with van der Waals surface area (Å²) in [4.78, 5) is 33.3. The Bertz CT molecular complexity index is 1650. The monoisotopic (exact) mass is 614 g/mol. The van der Waals surface area contributed by atoms with Crippen LogP contribution in [-0.4, -0.2) is 46.7 Å². The van der Waals surface area contributed by atoms with Crippen LogP contribution in [0.15, 0.2) is 71.9 Å². The molecule has 0 spiro atoms. The number of alkyl halides is 3. The maximum atomic E-state index is 15.1. The molecular weight excluding hydrogens is 584 g/mol. The normalized spacial score (nSPS) is 18.7. The summed E-state index contributed by atoms with van der Waals surface area (Å²) >= 11 is 0. The molecule has 3 atom stereocenters. The highest BCUT2D eigenvalue weighted by Crippen LogP contribution is 2.31. The first-order chi connectivity index (χ1) is 21.1. The number of methoxy groups -OCH3 is 1. The molecule has 5 rings (SSSR count). The predicted molar refractivity (Wildman–Crippen MR) is 152 cm³/mol. The molecule has 1 saturated carbocycles. The zero-order valence-electron chi connectivity index (χ0n) is 23.7. The van der Waals surface area contributed by atoms with Gasteiger partial charge in [-0.25, -0.2) is 19.2 Å². The number of hydrogen-bond donors (Lipinski definition) is 1. The largest absolute Gasteiger partial charge is 0.445 e. The van der Waals surface area contributed by atoms with Crippen LogP contribution in [0.2, 0.25) is 0 Å². The van der Waals surface area contributed by atoms with Crippen molar-refractivity contribution in [2.75, 3.05) is 13.9 Å². The number of benzene rings is 2. The minimum absolute atomic E-state index is 0.0722. The Morgan fingerprint density at radius 2 is 1.82 bits per heavy atom. The Hall–Kier alpha value is -4.36. The summed E-state index contributed by atoms with van der Waals surface area (Å²) in [5.41, 5.74) is -0.754. The number of amides is 1. The van der Waals surface area contributed by atoms with Gasteiger partial charge in [0.05, 0.1) is 22.6 Å². The maximum Gasteiger partial charge on any atom is 0.419 e. The van der Waals surface area contributed by atoms with Crippen molar-refractivity contribution in [3.8, 4) is 11.4 Å². The Kier molecular flexibility index (Phi) is 9.55. The molecule has 1 amide bonds. The van der Waals surface area contributed by atoms with E-state index in [2.05, 4.69) is 15.3 Å². The second-order valence-corrected chi connectivity index (χ2v) is 10.7. The number of alkyl carbamates (subject to hydrolysis) is 1. The minimum atomic E-state index is -4.62. The van der Waals surface area contributed by atoms with Crippen molar-refractivity contribution < 1.29 is 36.6 Å². The van der Waals surface area contributed by atoms with Crippen LogP contribution in [-0.2, 0) is 33.5 Å². The van der Waals surface area contributed by atoms with Gasteiger partial charge >= 0.3 is 12.3 Å². The Morgan fingerprint density at radius 3 is 2.52 bits per heavy atom. The molecule has 0 unspecified atom stereocenters. The van der Waals surface area contributed by atoms with Crippen molar-refractivity contribution in [3.05, 3.63) is 94.4 Å². The van der Waals surface area contributed by atoms with Crippen molar-refractivity contribution >= 4 is 16.9 Å². The lowest BCUT2D eigenvalue weighted by Gasteiger charge is -2.35. The molecule has 1 N–H and O–H groups in total. The summed E-state index contributed by atoms with van der Waals surface area (Å²) in [7, 11) is 1.51. The van der Waals surface area contributed by atoms with Crippen molar-refractivity contribution in [3.63, 3.8) is 0 Å². The Labute approximate surface area is 249 Å². The van der Waals surface area contributed by atoms with Gasteiger partial charge in [0, 0.05) is 38.3 Å². The zero-order chi connectivity index (χ0) is 31.3. The third kappa shape index (κ3) is 7.58.